The summed E-state index contributed by atoms with van der Waals surface area (Å²) < 4.78 is 11.1. The van der Waals surface area contributed by atoms with Gasteiger partial charge in [-0.05, 0) is 89.0 Å². The zero-order valence-corrected chi connectivity index (χ0v) is 27.0. The van der Waals surface area contributed by atoms with Gasteiger partial charge in [-0.15, -0.1) is 11.3 Å². The second-order valence-corrected chi connectivity index (χ2v) is 13.5. The van der Waals surface area contributed by atoms with Crippen molar-refractivity contribution >= 4 is 29.0 Å². The lowest BCUT2D eigenvalue weighted by molar-refractivity contribution is -0.155. The van der Waals surface area contributed by atoms with Crippen molar-refractivity contribution in [3.8, 4) is 16.2 Å². The van der Waals surface area contributed by atoms with Gasteiger partial charge in [0.1, 0.15) is 11.4 Å². The van der Waals surface area contributed by atoms with Crippen LogP contribution < -0.4 is 10.1 Å². The summed E-state index contributed by atoms with van der Waals surface area (Å²) in [7, 11) is 0. The molecule has 3 atom stereocenters. The summed E-state index contributed by atoms with van der Waals surface area (Å²) in [6, 6.07) is 15.2. The summed E-state index contributed by atoms with van der Waals surface area (Å²) in [5, 5.41) is 13.7. The maximum atomic E-state index is 13.1. The smallest absolute Gasteiger partial charge is 0.306 e. The Bertz CT molecular complexity index is 1410. The number of hydrogen-bond donors (Lipinski definition) is 2. The number of esters is 1. The van der Waals surface area contributed by atoms with Crippen LogP contribution in [0, 0.1) is 18.8 Å². The molecule has 1 heterocycles. The van der Waals surface area contributed by atoms with Crippen LogP contribution in [-0.4, -0.2) is 46.1 Å². The topological polar surface area (TPSA) is 115 Å². The Labute approximate surface area is 264 Å². The van der Waals surface area contributed by atoms with Crippen molar-refractivity contribution in [2.24, 2.45) is 11.8 Å². The van der Waals surface area contributed by atoms with E-state index in [2.05, 4.69) is 10.3 Å². The normalized spacial score (nSPS) is 18.7. The minimum Gasteiger partial charge on any atom is -0.494 e. The summed E-state index contributed by atoms with van der Waals surface area (Å²) >= 11 is 1.61. The highest BCUT2D eigenvalue weighted by Crippen LogP contribution is 2.31. The molecule has 236 valence electrons. The number of ether oxygens (including phenoxy) is 2. The fraction of sp³-hybridized carbons (Fsp3) is 0.486. The molecule has 1 amide bonds. The molecular formula is C35H44N2O6S. The van der Waals surface area contributed by atoms with Gasteiger partial charge < -0.3 is 19.9 Å². The molecule has 9 heteroatoms. The summed E-state index contributed by atoms with van der Waals surface area (Å²) in [5.74, 6) is -0.0523. The van der Waals surface area contributed by atoms with Crippen molar-refractivity contribution in [3.63, 3.8) is 0 Å². The van der Waals surface area contributed by atoms with Gasteiger partial charge in [-0.25, -0.2) is 4.98 Å². The third-order valence-corrected chi connectivity index (χ3v) is 8.71. The van der Waals surface area contributed by atoms with Gasteiger partial charge in [0.2, 0.25) is 5.91 Å². The number of ketones is 1. The van der Waals surface area contributed by atoms with Crippen LogP contribution in [0.4, 0.5) is 0 Å². The van der Waals surface area contributed by atoms with Gasteiger partial charge in [0, 0.05) is 30.9 Å². The highest BCUT2D eigenvalue weighted by molar-refractivity contribution is 7.13. The van der Waals surface area contributed by atoms with Crippen molar-refractivity contribution in [2.75, 3.05) is 6.61 Å². The average Bonchev–Trinajstić information content (AvgIpc) is 3.31. The minimum absolute atomic E-state index is 0.00329. The number of aliphatic hydroxyl groups excluding tert-OH is 1. The molecular weight excluding hydrogens is 576 g/mol. The van der Waals surface area contributed by atoms with E-state index in [1.54, 1.807) is 35.6 Å². The molecule has 4 rings (SSSR count). The number of aliphatic hydroxyl groups is 1. The number of nitrogens with one attached hydrogen (secondary N) is 1. The number of nitrogens with zero attached hydrogens (tertiary/aromatic N) is 1. The maximum absolute atomic E-state index is 13.1. The first-order chi connectivity index (χ1) is 21.0. The monoisotopic (exact) mass is 620 g/mol. The van der Waals surface area contributed by atoms with Crippen molar-refractivity contribution in [1.29, 1.82) is 0 Å². The van der Waals surface area contributed by atoms with Crippen LogP contribution in [0.15, 0.2) is 54.0 Å². The number of hydrogen-bond acceptors (Lipinski definition) is 8. The molecule has 0 saturated heterocycles. The van der Waals surface area contributed by atoms with E-state index < -0.39 is 11.7 Å². The van der Waals surface area contributed by atoms with Crippen molar-refractivity contribution in [1.82, 2.24) is 10.3 Å². The standard InChI is InChI=1S/C35H44N2O6S/c1-23-33(44-22-37-23)26-13-10-24(11-14-26)21-36-34(41)28-15-12-25(17-29(38)19-28)18-31(39)27-7-5-8-30(20-27)42-16-6-9-32(40)43-35(2,3)4/h5,7-8,10-11,13-14,20,22,25,28-29,38H,6,9,12,15-19,21H2,1-4H3,(H,36,41)/t25?,28-,29-/m0/s1. The summed E-state index contributed by atoms with van der Waals surface area (Å²) in [6.07, 6.45) is 2.67. The molecule has 3 aromatic rings. The Morgan fingerprint density at radius 1 is 1.07 bits per heavy atom. The number of carbonyl (C=O) groups is 3. The van der Waals surface area contributed by atoms with Crippen LogP contribution in [-0.2, 0) is 20.9 Å². The summed E-state index contributed by atoms with van der Waals surface area (Å²) in [4.78, 5) is 43.5. The molecule has 1 fully saturated rings. The molecule has 1 aromatic heterocycles. The Balaban J connectivity index is 1.22. The molecule has 1 saturated carbocycles. The predicted molar refractivity (Wildman–Crippen MR) is 172 cm³/mol. The van der Waals surface area contributed by atoms with Crippen LogP contribution in [0.25, 0.3) is 10.4 Å². The zero-order valence-electron chi connectivity index (χ0n) is 26.1. The van der Waals surface area contributed by atoms with Gasteiger partial charge in [-0.1, -0.05) is 36.4 Å². The van der Waals surface area contributed by atoms with Crippen LogP contribution in [0.1, 0.15) is 87.3 Å². The molecule has 8 nitrogen and oxygen atoms in total. The molecule has 0 spiro atoms. The lowest BCUT2D eigenvalue weighted by Gasteiger charge is -2.19. The van der Waals surface area contributed by atoms with E-state index in [1.165, 1.54) is 0 Å². The first-order valence-electron chi connectivity index (χ1n) is 15.4. The number of aromatic nitrogens is 1. The Morgan fingerprint density at radius 2 is 1.84 bits per heavy atom. The summed E-state index contributed by atoms with van der Waals surface area (Å²) in [5.41, 5.74) is 5.02. The van der Waals surface area contributed by atoms with Crippen LogP contribution in [0.5, 0.6) is 5.75 Å². The largest absolute Gasteiger partial charge is 0.494 e. The van der Waals surface area contributed by atoms with Gasteiger partial charge in [0.25, 0.3) is 0 Å². The molecule has 0 aliphatic heterocycles. The number of Topliss-reactive ketones (excluding diaryl/α,β-unsaturated/α-hetero) is 1. The Hall–Kier alpha value is -3.56. The molecule has 1 aliphatic rings. The molecule has 1 aliphatic carbocycles. The van der Waals surface area contributed by atoms with E-state index in [1.807, 2.05) is 57.5 Å². The van der Waals surface area contributed by atoms with Gasteiger partial charge in [-0.3, -0.25) is 14.4 Å². The quantitative estimate of drug-likeness (QED) is 0.101. The highest BCUT2D eigenvalue weighted by atomic mass is 32.1. The van der Waals surface area contributed by atoms with Gasteiger partial charge in [-0.2, -0.15) is 0 Å². The first-order valence-corrected chi connectivity index (χ1v) is 16.3. The van der Waals surface area contributed by atoms with Crippen molar-refractivity contribution in [2.45, 2.75) is 90.9 Å². The number of benzene rings is 2. The second kappa shape index (κ2) is 15.4. The number of thiazole rings is 1. The van der Waals surface area contributed by atoms with E-state index in [9.17, 15) is 19.5 Å². The number of rotatable bonds is 12. The lowest BCUT2D eigenvalue weighted by atomic mass is 9.91. The lowest BCUT2D eigenvalue weighted by Crippen LogP contribution is -2.31. The Morgan fingerprint density at radius 3 is 2.55 bits per heavy atom. The van der Waals surface area contributed by atoms with Crippen molar-refractivity contribution in [3.05, 3.63) is 70.9 Å². The van der Waals surface area contributed by atoms with E-state index >= 15 is 0 Å². The van der Waals surface area contributed by atoms with Gasteiger partial charge in [0.15, 0.2) is 5.78 Å². The minimum atomic E-state index is -0.632. The van der Waals surface area contributed by atoms with Gasteiger partial charge >= 0.3 is 5.97 Å². The van der Waals surface area contributed by atoms with Crippen LogP contribution >= 0.6 is 11.3 Å². The SMILES string of the molecule is Cc1ncsc1-c1ccc(CNC(=O)[C@H]2CCC(CC(=O)c3cccc(OCCCC(=O)OC(C)(C)C)c3)C[C@H](O)C2)cc1. The average molecular weight is 621 g/mol. The maximum Gasteiger partial charge on any atom is 0.306 e. The summed E-state index contributed by atoms with van der Waals surface area (Å²) in [6.45, 7) is 8.27. The molecule has 0 radical (unpaired) electrons. The van der Waals surface area contributed by atoms with E-state index in [-0.39, 0.29) is 35.9 Å². The van der Waals surface area contributed by atoms with Gasteiger partial charge in [0.05, 0.1) is 28.8 Å². The molecule has 1 unspecified atom stereocenters. The predicted octanol–water partition coefficient (Wildman–Crippen LogP) is 6.68. The van der Waals surface area contributed by atoms with Crippen LogP contribution in [0.2, 0.25) is 0 Å². The number of carbonyl (C=O) groups excluding carboxylic acids is 3. The fourth-order valence-corrected chi connectivity index (χ4v) is 6.34. The fourth-order valence-electron chi connectivity index (χ4n) is 5.53. The van der Waals surface area contributed by atoms with Crippen molar-refractivity contribution < 1.29 is 29.0 Å². The van der Waals surface area contributed by atoms with E-state index in [0.29, 0.717) is 63.0 Å². The Kier molecular flexibility index (Phi) is 11.7. The third kappa shape index (κ3) is 10.3. The van der Waals surface area contributed by atoms with Crippen LogP contribution in [0.3, 0.4) is 0 Å². The highest BCUT2D eigenvalue weighted by Gasteiger charge is 2.30. The number of aryl methyl sites for hydroxylation is 1. The molecule has 0 bridgehead atoms. The first kappa shape index (κ1) is 33.3. The van der Waals surface area contributed by atoms with E-state index in [0.717, 1.165) is 21.7 Å². The second-order valence-electron chi connectivity index (χ2n) is 12.6. The third-order valence-electron chi connectivity index (χ3n) is 7.73. The zero-order chi connectivity index (χ0) is 31.7. The molecule has 2 N–H and O–H groups in total. The number of amides is 1. The molecule has 44 heavy (non-hydrogen) atoms. The van der Waals surface area contributed by atoms with E-state index in [4.69, 9.17) is 9.47 Å². The molecule has 2 aromatic carbocycles.